The Balaban J connectivity index is 1.79. The smallest absolute Gasteiger partial charge is 0.263 e. The highest BCUT2D eigenvalue weighted by Crippen LogP contribution is 2.34. The molecule has 1 fully saturated rings. The van der Waals surface area contributed by atoms with Gasteiger partial charge in [0.25, 0.3) is 5.56 Å². The van der Waals surface area contributed by atoms with Gasteiger partial charge in [0.05, 0.1) is 23.8 Å². The van der Waals surface area contributed by atoms with E-state index in [4.69, 9.17) is 9.72 Å². The lowest BCUT2D eigenvalue weighted by Gasteiger charge is -2.16. The van der Waals surface area contributed by atoms with E-state index in [1.54, 1.807) is 23.8 Å². The molecule has 1 atom stereocenters. The highest BCUT2D eigenvalue weighted by Gasteiger charge is 2.25. The van der Waals surface area contributed by atoms with Gasteiger partial charge in [-0.25, -0.2) is 9.37 Å². The quantitative estimate of drug-likeness (QED) is 0.584. The molecule has 1 amide bonds. The molecule has 1 N–H and O–H groups in total. The molecule has 3 aromatic rings. The zero-order valence-corrected chi connectivity index (χ0v) is 18.2. The van der Waals surface area contributed by atoms with Crippen LogP contribution in [-0.4, -0.2) is 41.0 Å². The van der Waals surface area contributed by atoms with Crippen LogP contribution in [-0.2, 0) is 16.1 Å². The van der Waals surface area contributed by atoms with Crippen LogP contribution in [0.15, 0.2) is 39.6 Å². The third-order valence-corrected chi connectivity index (χ3v) is 7.19. The number of nitrogens with zero attached hydrogens (tertiary/aromatic N) is 2. The van der Waals surface area contributed by atoms with Crippen molar-refractivity contribution in [1.29, 1.82) is 0 Å². The average molecular weight is 448 g/mol. The van der Waals surface area contributed by atoms with E-state index in [0.717, 1.165) is 30.4 Å². The van der Waals surface area contributed by atoms with Crippen LogP contribution in [0.2, 0.25) is 0 Å². The molecule has 0 radical (unpaired) electrons. The molecule has 9 heteroatoms. The fourth-order valence-electron chi connectivity index (χ4n) is 3.47. The minimum absolute atomic E-state index is 0.0108. The summed E-state index contributed by atoms with van der Waals surface area (Å²) in [5, 5.41) is 5.57. The number of methoxy groups -OCH3 is 1. The Bertz CT molecular complexity index is 1110. The number of hydrogen-bond acceptors (Lipinski definition) is 6. The molecule has 0 bridgehead atoms. The fraction of sp³-hybridized carbons (Fsp3) is 0.381. The molecule has 2 aromatic heterocycles. The molecule has 1 saturated heterocycles. The normalized spacial score (nSPS) is 17.1. The minimum atomic E-state index is -0.325. The second-order valence-corrected chi connectivity index (χ2v) is 9.10. The van der Waals surface area contributed by atoms with Crippen molar-refractivity contribution in [3.63, 3.8) is 0 Å². The Morgan fingerprint density at radius 3 is 2.87 bits per heavy atom. The maximum atomic E-state index is 13.5. The van der Waals surface area contributed by atoms with Gasteiger partial charge in [-0.05, 0) is 30.5 Å². The zero-order valence-electron chi connectivity index (χ0n) is 16.5. The summed E-state index contributed by atoms with van der Waals surface area (Å²) in [6.45, 7) is 1.38. The molecule has 6 nitrogen and oxygen atoms in total. The molecule has 0 aliphatic carbocycles. The van der Waals surface area contributed by atoms with Crippen molar-refractivity contribution in [2.75, 3.05) is 20.3 Å². The molecule has 1 aliphatic heterocycles. The Labute approximate surface area is 181 Å². The van der Waals surface area contributed by atoms with E-state index in [1.807, 2.05) is 5.38 Å². The SMILES string of the molecule is COCCn1c(SC2CCCCNC2=O)nc2scc(-c3ccc(F)cc3)c2c1=O. The van der Waals surface area contributed by atoms with Crippen molar-refractivity contribution in [3.8, 4) is 11.1 Å². The highest BCUT2D eigenvalue weighted by atomic mass is 32.2. The van der Waals surface area contributed by atoms with Gasteiger partial charge in [-0.3, -0.25) is 14.2 Å². The van der Waals surface area contributed by atoms with Crippen molar-refractivity contribution in [2.45, 2.75) is 36.2 Å². The molecule has 1 unspecified atom stereocenters. The second-order valence-electron chi connectivity index (χ2n) is 7.07. The number of carbonyl (C=O) groups excluding carboxylic acids is 1. The van der Waals surface area contributed by atoms with Gasteiger partial charge in [-0.2, -0.15) is 0 Å². The average Bonchev–Trinajstić information content (AvgIpc) is 3.06. The first-order valence-electron chi connectivity index (χ1n) is 9.79. The van der Waals surface area contributed by atoms with Gasteiger partial charge in [0, 0.05) is 24.6 Å². The Hall–Kier alpha value is -2.23. The number of ether oxygens (including phenoxy) is 1. The van der Waals surface area contributed by atoms with Gasteiger partial charge < -0.3 is 10.1 Å². The van der Waals surface area contributed by atoms with Crippen LogP contribution >= 0.6 is 23.1 Å². The number of thioether (sulfide) groups is 1. The van der Waals surface area contributed by atoms with E-state index in [9.17, 15) is 14.0 Å². The molecule has 3 heterocycles. The van der Waals surface area contributed by atoms with Gasteiger partial charge in [0.1, 0.15) is 10.6 Å². The van der Waals surface area contributed by atoms with Crippen LogP contribution < -0.4 is 10.9 Å². The van der Waals surface area contributed by atoms with Crippen LogP contribution in [0.3, 0.4) is 0 Å². The molecule has 158 valence electrons. The highest BCUT2D eigenvalue weighted by molar-refractivity contribution is 8.00. The molecule has 30 heavy (non-hydrogen) atoms. The Morgan fingerprint density at radius 2 is 2.10 bits per heavy atom. The lowest BCUT2D eigenvalue weighted by atomic mass is 10.1. The van der Waals surface area contributed by atoms with Gasteiger partial charge in [0.15, 0.2) is 5.16 Å². The maximum Gasteiger partial charge on any atom is 0.263 e. The third-order valence-electron chi connectivity index (χ3n) is 5.07. The number of benzene rings is 1. The number of hydrogen-bond donors (Lipinski definition) is 1. The zero-order chi connectivity index (χ0) is 21.1. The molecular weight excluding hydrogens is 425 g/mol. The lowest BCUT2D eigenvalue weighted by molar-refractivity contribution is -0.120. The molecule has 4 rings (SSSR count). The summed E-state index contributed by atoms with van der Waals surface area (Å²) in [6.07, 6.45) is 2.66. The van der Waals surface area contributed by atoms with E-state index in [0.29, 0.717) is 35.1 Å². The first-order valence-corrected chi connectivity index (χ1v) is 11.6. The van der Waals surface area contributed by atoms with E-state index in [1.165, 1.54) is 35.2 Å². The summed E-state index contributed by atoms with van der Waals surface area (Å²) < 4.78 is 20.1. The Kier molecular flexibility index (Phi) is 6.50. The molecule has 1 aromatic carbocycles. The number of nitrogens with one attached hydrogen (secondary N) is 1. The molecule has 1 aliphatic rings. The predicted octanol–water partition coefficient (Wildman–Crippen LogP) is 3.67. The van der Waals surface area contributed by atoms with E-state index in [-0.39, 0.29) is 22.5 Å². The number of rotatable bonds is 6. The monoisotopic (exact) mass is 447 g/mol. The van der Waals surface area contributed by atoms with Crippen molar-refractivity contribution >= 4 is 39.2 Å². The second kappa shape index (κ2) is 9.28. The van der Waals surface area contributed by atoms with Crippen LogP contribution in [0.4, 0.5) is 4.39 Å². The van der Waals surface area contributed by atoms with Gasteiger partial charge in [-0.15, -0.1) is 11.3 Å². The van der Waals surface area contributed by atoms with Crippen molar-refractivity contribution in [3.05, 3.63) is 45.8 Å². The van der Waals surface area contributed by atoms with Crippen LogP contribution in [0.25, 0.3) is 21.3 Å². The Morgan fingerprint density at radius 1 is 1.30 bits per heavy atom. The standard InChI is InChI=1S/C21H22FN3O3S2/c1-28-11-10-25-20(27)17-15(13-5-7-14(22)8-6-13)12-29-19(17)24-21(25)30-16-4-2-3-9-23-18(16)26/h5-8,12,16H,2-4,9-11H2,1H3,(H,23,26). The summed E-state index contributed by atoms with van der Waals surface area (Å²) in [7, 11) is 1.58. The third kappa shape index (κ3) is 4.28. The summed E-state index contributed by atoms with van der Waals surface area (Å²) in [4.78, 5) is 31.2. The number of carbonyl (C=O) groups is 1. The number of halogens is 1. The summed E-state index contributed by atoms with van der Waals surface area (Å²) >= 11 is 2.72. The number of amides is 1. The summed E-state index contributed by atoms with van der Waals surface area (Å²) in [5.74, 6) is -0.336. The van der Waals surface area contributed by atoms with Gasteiger partial charge >= 0.3 is 0 Å². The molecule has 0 spiro atoms. The van der Waals surface area contributed by atoms with Crippen LogP contribution in [0, 0.1) is 5.82 Å². The van der Waals surface area contributed by atoms with E-state index in [2.05, 4.69) is 5.32 Å². The molecule has 0 saturated carbocycles. The fourth-order valence-corrected chi connectivity index (χ4v) is 5.64. The first-order chi connectivity index (χ1) is 14.6. The van der Waals surface area contributed by atoms with E-state index < -0.39 is 0 Å². The van der Waals surface area contributed by atoms with Crippen LogP contribution in [0.5, 0.6) is 0 Å². The first kappa shape index (κ1) is 21.0. The molecular formula is C21H22FN3O3S2. The van der Waals surface area contributed by atoms with Crippen molar-refractivity contribution in [1.82, 2.24) is 14.9 Å². The van der Waals surface area contributed by atoms with E-state index >= 15 is 0 Å². The topological polar surface area (TPSA) is 73.2 Å². The van der Waals surface area contributed by atoms with Gasteiger partial charge in [-0.1, -0.05) is 30.3 Å². The lowest BCUT2D eigenvalue weighted by Crippen LogP contribution is -2.32. The number of aromatic nitrogens is 2. The van der Waals surface area contributed by atoms with Crippen molar-refractivity contribution in [2.24, 2.45) is 0 Å². The summed E-state index contributed by atoms with van der Waals surface area (Å²) in [6, 6.07) is 6.08. The number of thiophene rings is 1. The largest absolute Gasteiger partial charge is 0.383 e. The predicted molar refractivity (Wildman–Crippen MR) is 118 cm³/mol. The minimum Gasteiger partial charge on any atom is -0.383 e. The van der Waals surface area contributed by atoms with Gasteiger partial charge in [0.2, 0.25) is 5.91 Å². The number of fused-ring (bicyclic) bond motifs is 1. The summed E-state index contributed by atoms with van der Waals surface area (Å²) in [5.41, 5.74) is 1.33. The van der Waals surface area contributed by atoms with Crippen LogP contribution in [0.1, 0.15) is 19.3 Å². The van der Waals surface area contributed by atoms with Crippen molar-refractivity contribution < 1.29 is 13.9 Å². The maximum absolute atomic E-state index is 13.5.